The van der Waals surface area contributed by atoms with Crippen molar-refractivity contribution in [3.63, 3.8) is 0 Å². The third-order valence-electron chi connectivity index (χ3n) is 3.66. The number of amides is 1. The van der Waals surface area contributed by atoms with Crippen LogP contribution in [0.3, 0.4) is 0 Å². The quantitative estimate of drug-likeness (QED) is 0.704. The number of nitrogens with one attached hydrogen (secondary N) is 1. The van der Waals surface area contributed by atoms with Gasteiger partial charge in [0.2, 0.25) is 0 Å². The van der Waals surface area contributed by atoms with Crippen molar-refractivity contribution >= 4 is 23.2 Å². The maximum atomic E-state index is 12.3. The summed E-state index contributed by atoms with van der Waals surface area (Å²) in [4.78, 5) is 12.3. The fraction of sp³-hybridized carbons (Fsp3) is 0.0500. The minimum Gasteiger partial charge on any atom is -0.495 e. The minimum absolute atomic E-state index is 0.184. The van der Waals surface area contributed by atoms with Crippen LogP contribution in [0, 0.1) is 0 Å². The Hall–Kier alpha value is -2.78. The number of halogens is 1. The van der Waals surface area contributed by atoms with Crippen LogP contribution in [0.1, 0.15) is 10.4 Å². The molecule has 0 saturated heterocycles. The monoisotopic (exact) mass is 337 g/mol. The summed E-state index contributed by atoms with van der Waals surface area (Å²) >= 11 is 6.07. The molecule has 0 unspecified atom stereocenters. The van der Waals surface area contributed by atoms with Gasteiger partial charge in [0, 0.05) is 11.3 Å². The molecule has 4 heteroatoms. The molecule has 3 aromatic carbocycles. The SMILES string of the molecule is COc1ccc(NC(=O)c2ccc(-c3ccccc3)cc2)cc1Cl. The Labute approximate surface area is 145 Å². The van der Waals surface area contributed by atoms with E-state index in [1.54, 1.807) is 25.3 Å². The highest BCUT2D eigenvalue weighted by Crippen LogP contribution is 2.27. The number of hydrogen-bond donors (Lipinski definition) is 1. The zero-order valence-electron chi connectivity index (χ0n) is 13.1. The van der Waals surface area contributed by atoms with Gasteiger partial charge >= 0.3 is 0 Å². The summed E-state index contributed by atoms with van der Waals surface area (Å²) in [6, 6.07) is 22.6. The summed E-state index contributed by atoms with van der Waals surface area (Å²) in [7, 11) is 1.55. The Kier molecular flexibility index (Phi) is 4.82. The van der Waals surface area contributed by atoms with Crippen molar-refractivity contribution in [2.24, 2.45) is 0 Å². The lowest BCUT2D eigenvalue weighted by Crippen LogP contribution is -2.11. The number of methoxy groups -OCH3 is 1. The van der Waals surface area contributed by atoms with Crippen LogP contribution in [-0.2, 0) is 0 Å². The van der Waals surface area contributed by atoms with Gasteiger partial charge in [-0.1, -0.05) is 54.1 Å². The zero-order valence-corrected chi connectivity index (χ0v) is 13.9. The van der Waals surface area contributed by atoms with Gasteiger partial charge in [-0.25, -0.2) is 0 Å². The van der Waals surface area contributed by atoms with Gasteiger partial charge in [0.25, 0.3) is 5.91 Å². The molecule has 0 heterocycles. The van der Waals surface area contributed by atoms with Gasteiger partial charge in [0.1, 0.15) is 5.75 Å². The lowest BCUT2D eigenvalue weighted by atomic mass is 10.0. The molecule has 0 atom stereocenters. The van der Waals surface area contributed by atoms with E-state index in [-0.39, 0.29) is 5.91 Å². The topological polar surface area (TPSA) is 38.3 Å². The van der Waals surface area contributed by atoms with Crippen LogP contribution in [-0.4, -0.2) is 13.0 Å². The third-order valence-corrected chi connectivity index (χ3v) is 3.96. The summed E-state index contributed by atoms with van der Waals surface area (Å²) in [6.07, 6.45) is 0. The van der Waals surface area contributed by atoms with E-state index in [1.165, 1.54) is 0 Å². The first kappa shape index (κ1) is 16.1. The Morgan fingerprint density at radius 1 is 0.917 bits per heavy atom. The fourth-order valence-electron chi connectivity index (χ4n) is 2.39. The van der Waals surface area contributed by atoms with Gasteiger partial charge in [-0.3, -0.25) is 4.79 Å². The molecule has 0 fully saturated rings. The third kappa shape index (κ3) is 3.58. The second-order valence-electron chi connectivity index (χ2n) is 5.25. The number of hydrogen-bond acceptors (Lipinski definition) is 2. The Morgan fingerprint density at radius 2 is 1.58 bits per heavy atom. The standard InChI is InChI=1S/C20H16ClNO2/c1-24-19-12-11-17(13-18(19)21)22-20(23)16-9-7-15(8-10-16)14-5-3-2-4-6-14/h2-13H,1H3,(H,22,23). The normalized spacial score (nSPS) is 10.2. The van der Waals surface area contributed by atoms with E-state index in [4.69, 9.17) is 16.3 Å². The number of carbonyl (C=O) groups excluding carboxylic acids is 1. The molecule has 0 aliphatic heterocycles. The summed E-state index contributed by atoms with van der Waals surface area (Å²) < 4.78 is 5.10. The number of benzene rings is 3. The second kappa shape index (κ2) is 7.20. The summed E-state index contributed by atoms with van der Waals surface area (Å²) in [5.41, 5.74) is 3.39. The van der Waals surface area contributed by atoms with Crippen molar-refractivity contribution in [2.45, 2.75) is 0 Å². The smallest absolute Gasteiger partial charge is 0.255 e. The molecule has 3 rings (SSSR count). The van der Waals surface area contributed by atoms with E-state index >= 15 is 0 Å². The predicted molar refractivity (Wildman–Crippen MR) is 97.8 cm³/mol. The molecule has 24 heavy (non-hydrogen) atoms. The minimum atomic E-state index is -0.184. The Balaban J connectivity index is 1.75. The first-order chi connectivity index (χ1) is 11.7. The lowest BCUT2D eigenvalue weighted by Gasteiger charge is -2.09. The molecule has 1 amide bonds. The molecule has 0 aromatic heterocycles. The van der Waals surface area contributed by atoms with Crippen LogP contribution in [0.25, 0.3) is 11.1 Å². The molecule has 120 valence electrons. The Bertz CT molecular complexity index is 845. The molecule has 0 radical (unpaired) electrons. The fourth-order valence-corrected chi connectivity index (χ4v) is 2.65. The summed E-state index contributed by atoms with van der Waals surface area (Å²) in [6.45, 7) is 0. The highest BCUT2D eigenvalue weighted by molar-refractivity contribution is 6.32. The van der Waals surface area contributed by atoms with Crippen molar-refractivity contribution in [2.75, 3.05) is 12.4 Å². The average molecular weight is 338 g/mol. The van der Waals surface area contributed by atoms with Crippen molar-refractivity contribution in [1.29, 1.82) is 0 Å². The molecule has 3 nitrogen and oxygen atoms in total. The van der Waals surface area contributed by atoms with Gasteiger partial charge in [-0.15, -0.1) is 0 Å². The van der Waals surface area contributed by atoms with Gasteiger partial charge in [0.05, 0.1) is 12.1 Å². The number of anilines is 1. The lowest BCUT2D eigenvalue weighted by molar-refractivity contribution is 0.102. The van der Waals surface area contributed by atoms with Crippen molar-refractivity contribution in [1.82, 2.24) is 0 Å². The van der Waals surface area contributed by atoms with E-state index in [0.29, 0.717) is 22.0 Å². The van der Waals surface area contributed by atoms with E-state index < -0.39 is 0 Å². The first-order valence-corrected chi connectivity index (χ1v) is 7.85. The van der Waals surface area contributed by atoms with Crippen LogP contribution in [0.15, 0.2) is 72.8 Å². The van der Waals surface area contributed by atoms with Gasteiger partial charge in [-0.05, 0) is 41.5 Å². The van der Waals surface area contributed by atoms with Crippen LogP contribution in [0.2, 0.25) is 5.02 Å². The average Bonchev–Trinajstić information content (AvgIpc) is 2.63. The highest BCUT2D eigenvalue weighted by Gasteiger charge is 2.08. The molecule has 0 saturated carbocycles. The summed E-state index contributed by atoms with van der Waals surface area (Å²) in [5.74, 6) is 0.387. The maximum absolute atomic E-state index is 12.3. The highest BCUT2D eigenvalue weighted by atomic mass is 35.5. The molecule has 1 N–H and O–H groups in total. The molecular formula is C20H16ClNO2. The van der Waals surface area contributed by atoms with Crippen molar-refractivity contribution < 1.29 is 9.53 Å². The first-order valence-electron chi connectivity index (χ1n) is 7.48. The van der Waals surface area contributed by atoms with Gasteiger partial charge in [-0.2, -0.15) is 0 Å². The molecule has 0 bridgehead atoms. The zero-order chi connectivity index (χ0) is 16.9. The van der Waals surface area contributed by atoms with E-state index in [1.807, 2.05) is 54.6 Å². The van der Waals surface area contributed by atoms with Crippen molar-refractivity contribution in [3.05, 3.63) is 83.4 Å². The van der Waals surface area contributed by atoms with Gasteiger partial charge < -0.3 is 10.1 Å². The number of carbonyl (C=O) groups is 1. The maximum Gasteiger partial charge on any atom is 0.255 e. The predicted octanol–water partition coefficient (Wildman–Crippen LogP) is 5.27. The largest absolute Gasteiger partial charge is 0.495 e. The molecule has 0 spiro atoms. The summed E-state index contributed by atoms with van der Waals surface area (Å²) in [5, 5.41) is 3.28. The molecule has 0 aliphatic rings. The van der Waals surface area contributed by atoms with Crippen LogP contribution in [0.5, 0.6) is 5.75 Å². The van der Waals surface area contributed by atoms with E-state index in [0.717, 1.165) is 11.1 Å². The van der Waals surface area contributed by atoms with E-state index in [2.05, 4.69) is 5.32 Å². The molecule has 0 aliphatic carbocycles. The van der Waals surface area contributed by atoms with Gasteiger partial charge in [0.15, 0.2) is 0 Å². The second-order valence-corrected chi connectivity index (χ2v) is 5.65. The molecular weight excluding hydrogens is 322 g/mol. The van der Waals surface area contributed by atoms with Crippen molar-refractivity contribution in [3.8, 4) is 16.9 Å². The molecule has 3 aromatic rings. The number of rotatable bonds is 4. The van der Waals surface area contributed by atoms with Crippen LogP contribution < -0.4 is 10.1 Å². The Morgan fingerprint density at radius 3 is 2.21 bits per heavy atom. The van der Waals surface area contributed by atoms with Crippen LogP contribution in [0.4, 0.5) is 5.69 Å². The number of ether oxygens (including phenoxy) is 1. The van der Waals surface area contributed by atoms with E-state index in [9.17, 15) is 4.79 Å². The van der Waals surface area contributed by atoms with Crippen LogP contribution >= 0.6 is 11.6 Å².